The minimum atomic E-state index is -0.678. The van der Waals surface area contributed by atoms with Crippen LogP contribution in [0.2, 0.25) is 0 Å². The Morgan fingerprint density at radius 3 is 1.81 bits per heavy atom. The van der Waals surface area contributed by atoms with Gasteiger partial charge in [0.25, 0.3) is 5.91 Å². The van der Waals surface area contributed by atoms with E-state index in [1.54, 1.807) is 11.8 Å². The number of amides is 1. The molecule has 0 saturated heterocycles. The minimum absolute atomic E-state index is 0.118. The number of carbonyl (C=O) groups is 1. The molecule has 0 aliphatic rings. The summed E-state index contributed by atoms with van der Waals surface area (Å²) < 4.78 is 18.8. The Kier molecular flexibility index (Phi) is 6.21. The largest absolute Gasteiger partial charge is 0.481 e. The first-order valence-corrected chi connectivity index (χ1v) is 8.90. The number of rotatable bonds is 7. The molecule has 0 radical (unpaired) electrons. The Bertz CT molecular complexity index is 809. The highest BCUT2D eigenvalue weighted by atomic mass is 19.1. The third-order valence-corrected chi connectivity index (χ3v) is 4.22. The molecule has 1 atom stereocenters. The molecule has 3 aromatic carbocycles. The van der Waals surface area contributed by atoms with E-state index in [2.05, 4.69) is 0 Å². The molecule has 0 bridgehead atoms. The second kappa shape index (κ2) is 8.99. The molecule has 0 aromatic heterocycles. The van der Waals surface area contributed by atoms with Gasteiger partial charge in [-0.05, 0) is 42.3 Å². The molecule has 3 nitrogen and oxygen atoms in total. The molecular weight excluding hydrogens is 341 g/mol. The van der Waals surface area contributed by atoms with E-state index < -0.39 is 6.10 Å². The Morgan fingerprint density at radius 1 is 0.852 bits per heavy atom. The third-order valence-electron chi connectivity index (χ3n) is 4.22. The van der Waals surface area contributed by atoms with Gasteiger partial charge in [-0.15, -0.1) is 0 Å². The van der Waals surface area contributed by atoms with Crippen LogP contribution in [-0.4, -0.2) is 16.9 Å². The standard InChI is InChI=1S/C23H22FNO2/c1-18(27-22-14-12-21(24)13-15-22)23(26)25(16-19-8-4-2-5-9-19)17-20-10-6-3-7-11-20/h2-15,18H,16-17H2,1H3/t18-/m1/s1. The van der Waals surface area contributed by atoms with E-state index in [1.807, 2.05) is 60.7 Å². The minimum Gasteiger partial charge on any atom is -0.481 e. The van der Waals surface area contributed by atoms with Crippen molar-refractivity contribution in [2.24, 2.45) is 0 Å². The number of benzene rings is 3. The zero-order valence-electron chi connectivity index (χ0n) is 15.2. The maximum Gasteiger partial charge on any atom is 0.263 e. The summed E-state index contributed by atoms with van der Waals surface area (Å²) in [5.74, 6) is 0.0137. The van der Waals surface area contributed by atoms with Gasteiger partial charge in [0, 0.05) is 13.1 Å². The first kappa shape index (κ1) is 18.6. The summed E-state index contributed by atoms with van der Waals surface area (Å²) in [6, 6.07) is 25.4. The van der Waals surface area contributed by atoms with E-state index in [9.17, 15) is 9.18 Å². The van der Waals surface area contributed by atoms with Crippen LogP contribution in [0.25, 0.3) is 0 Å². The molecule has 0 aliphatic carbocycles. The second-order valence-electron chi connectivity index (χ2n) is 6.38. The fourth-order valence-electron chi connectivity index (χ4n) is 2.84. The molecule has 27 heavy (non-hydrogen) atoms. The zero-order chi connectivity index (χ0) is 19.1. The fraction of sp³-hybridized carbons (Fsp3) is 0.174. The predicted molar refractivity (Wildman–Crippen MR) is 104 cm³/mol. The number of ether oxygens (including phenoxy) is 1. The first-order valence-electron chi connectivity index (χ1n) is 8.90. The fourth-order valence-corrected chi connectivity index (χ4v) is 2.84. The molecule has 0 aliphatic heterocycles. The number of carbonyl (C=O) groups excluding carboxylic acids is 1. The quantitative estimate of drug-likeness (QED) is 0.602. The second-order valence-corrected chi connectivity index (χ2v) is 6.38. The van der Waals surface area contributed by atoms with Crippen molar-refractivity contribution in [2.45, 2.75) is 26.1 Å². The molecule has 0 spiro atoms. The lowest BCUT2D eigenvalue weighted by atomic mass is 10.1. The normalized spacial score (nSPS) is 11.6. The van der Waals surface area contributed by atoms with Crippen LogP contribution in [0.5, 0.6) is 5.75 Å². The van der Waals surface area contributed by atoms with Crippen molar-refractivity contribution < 1.29 is 13.9 Å². The topological polar surface area (TPSA) is 29.5 Å². The molecule has 0 unspecified atom stereocenters. The molecule has 4 heteroatoms. The van der Waals surface area contributed by atoms with Gasteiger partial charge in [0.15, 0.2) is 6.10 Å². The Labute approximate surface area is 159 Å². The van der Waals surface area contributed by atoms with Gasteiger partial charge in [-0.2, -0.15) is 0 Å². The van der Waals surface area contributed by atoms with E-state index in [0.717, 1.165) is 11.1 Å². The highest BCUT2D eigenvalue weighted by molar-refractivity contribution is 5.81. The molecule has 1 amide bonds. The number of halogens is 1. The van der Waals surface area contributed by atoms with Crippen LogP contribution in [-0.2, 0) is 17.9 Å². The lowest BCUT2D eigenvalue weighted by Crippen LogP contribution is -2.39. The smallest absolute Gasteiger partial charge is 0.263 e. The average molecular weight is 363 g/mol. The Balaban J connectivity index is 1.75. The molecule has 138 valence electrons. The maximum absolute atomic E-state index is 13.1. The van der Waals surface area contributed by atoms with Gasteiger partial charge < -0.3 is 9.64 Å². The maximum atomic E-state index is 13.1. The van der Waals surface area contributed by atoms with E-state index >= 15 is 0 Å². The zero-order valence-corrected chi connectivity index (χ0v) is 15.2. The first-order chi connectivity index (χ1) is 13.1. The lowest BCUT2D eigenvalue weighted by molar-refractivity contribution is -0.139. The van der Waals surface area contributed by atoms with Gasteiger partial charge in [0.05, 0.1) is 0 Å². The number of hydrogen-bond donors (Lipinski definition) is 0. The van der Waals surface area contributed by atoms with Crippen LogP contribution in [0.3, 0.4) is 0 Å². The molecule has 0 N–H and O–H groups in total. The molecule has 0 fully saturated rings. The van der Waals surface area contributed by atoms with Crippen molar-refractivity contribution in [3.8, 4) is 5.75 Å². The molecule has 0 saturated carbocycles. The lowest BCUT2D eigenvalue weighted by Gasteiger charge is -2.26. The van der Waals surface area contributed by atoms with Crippen LogP contribution in [0.15, 0.2) is 84.9 Å². The van der Waals surface area contributed by atoms with E-state index in [0.29, 0.717) is 18.8 Å². The van der Waals surface area contributed by atoms with E-state index in [1.165, 1.54) is 24.3 Å². The van der Waals surface area contributed by atoms with Crippen molar-refractivity contribution >= 4 is 5.91 Å². The van der Waals surface area contributed by atoms with Crippen LogP contribution in [0.4, 0.5) is 4.39 Å². The Morgan fingerprint density at radius 2 is 1.33 bits per heavy atom. The van der Waals surface area contributed by atoms with Crippen molar-refractivity contribution in [2.75, 3.05) is 0 Å². The SMILES string of the molecule is C[C@@H](Oc1ccc(F)cc1)C(=O)N(Cc1ccccc1)Cc1ccccc1. The Hall–Kier alpha value is -3.14. The summed E-state index contributed by atoms with van der Waals surface area (Å²) >= 11 is 0. The van der Waals surface area contributed by atoms with Gasteiger partial charge in [-0.25, -0.2) is 4.39 Å². The third kappa shape index (κ3) is 5.42. The summed E-state index contributed by atoms with van der Waals surface area (Å²) in [5.41, 5.74) is 2.10. The van der Waals surface area contributed by atoms with Crippen LogP contribution in [0.1, 0.15) is 18.1 Å². The van der Waals surface area contributed by atoms with Crippen molar-refractivity contribution in [1.29, 1.82) is 0 Å². The number of hydrogen-bond acceptors (Lipinski definition) is 2. The summed E-state index contributed by atoms with van der Waals surface area (Å²) in [7, 11) is 0. The van der Waals surface area contributed by atoms with Gasteiger partial charge in [-0.3, -0.25) is 4.79 Å². The monoisotopic (exact) mass is 363 g/mol. The van der Waals surface area contributed by atoms with Crippen LogP contribution in [0, 0.1) is 5.82 Å². The van der Waals surface area contributed by atoms with E-state index in [4.69, 9.17) is 4.74 Å². The molecular formula is C23H22FNO2. The molecule has 0 heterocycles. The van der Waals surface area contributed by atoms with Crippen molar-refractivity contribution in [3.05, 3.63) is 102 Å². The van der Waals surface area contributed by atoms with Crippen molar-refractivity contribution in [3.63, 3.8) is 0 Å². The average Bonchev–Trinajstić information content (AvgIpc) is 2.70. The summed E-state index contributed by atoms with van der Waals surface area (Å²) in [5, 5.41) is 0. The molecule has 3 rings (SSSR count). The van der Waals surface area contributed by atoms with Gasteiger partial charge in [0.1, 0.15) is 11.6 Å². The van der Waals surface area contributed by atoms with Gasteiger partial charge in [0.2, 0.25) is 0 Å². The predicted octanol–water partition coefficient (Wildman–Crippen LogP) is 4.82. The highest BCUT2D eigenvalue weighted by Crippen LogP contribution is 2.16. The highest BCUT2D eigenvalue weighted by Gasteiger charge is 2.22. The van der Waals surface area contributed by atoms with E-state index in [-0.39, 0.29) is 11.7 Å². The number of nitrogens with zero attached hydrogens (tertiary/aromatic N) is 1. The van der Waals surface area contributed by atoms with Crippen LogP contribution >= 0.6 is 0 Å². The molecule has 3 aromatic rings. The summed E-state index contributed by atoms with van der Waals surface area (Å²) in [6.45, 7) is 2.70. The summed E-state index contributed by atoms with van der Waals surface area (Å²) in [6.07, 6.45) is -0.678. The van der Waals surface area contributed by atoms with Crippen LogP contribution < -0.4 is 4.74 Å². The van der Waals surface area contributed by atoms with Gasteiger partial charge >= 0.3 is 0 Å². The van der Waals surface area contributed by atoms with Crippen molar-refractivity contribution in [1.82, 2.24) is 4.90 Å². The van der Waals surface area contributed by atoms with Gasteiger partial charge in [-0.1, -0.05) is 60.7 Å². The summed E-state index contributed by atoms with van der Waals surface area (Å²) in [4.78, 5) is 14.8.